The molecule has 5 nitrogen and oxygen atoms in total. The van der Waals surface area contributed by atoms with E-state index in [0.717, 1.165) is 19.3 Å². The van der Waals surface area contributed by atoms with Gasteiger partial charge in [-0.1, -0.05) is 32.4 Å². The smallest absolute Gasteiger partial charge is 0.282 e. The van der Waals surface area contributed by atoms with Gasteiger partial charge in [0, 0.05) is 32.8 Å². The van der Waals surface area contributed by atoms with Crippen LogP contribution in [-0.2, 0) is 10.2 Å². The Bertz CT molecular complexity index is 494. The average Bonchev–Trinajstić information content (AvgIpc) is 2.46. The summed E-state index contributed by atoms with van der Waals surface area (Å²) < 4.78 is 28.5. The Kier molecular flexibility index (Phi) is 5.13. The number of rotatable bonds is 3. The fraction of sp³-hybridized carbons (Fsp3) is 0.867. The van der Waals surface area contributed by atoms with Crippen LogP contribution in [-0.4, -0.2) is 54.9 Å². The Morgan fingerprint density at radius 1 is 1.29 bits per heavy atom. The zero-order chi connectivity index (χ0) is 15.7. The number of hydrogen-bond donors (Lipinski definition) is 1. The summed E-state index contributed by atoms with van der Waals surface area (Å²) in [6, 6.07) is 0. The molecule has 0 radical (unpaired) electrons. The molecule has 0 aromatic heterocycles. The van der Waals surface area contributed by atoms with Gasteiger partial charge in [-0.3, -0.25) is 0 Å². The molecule has 0 aliphatic carbocycles. The molecule has 122 valence electrons. The minimum atomic E-state index is -3.39. The molecule has 0 aromatic rings. The average molecular weight is 316 g/mol. The van der Waals surface area contributed by atoms with Crippen molar-refractivity contribution in [1.29, 1.82) is 0 Å². The highest BCUT2D eigenvalue weighted by molar-refractivity contribution is 7.86. The standard InChI is InChI=1S/C15H28N2O3S/c1-15(2,3)14-6-9-16(10-7-14)21(19,20)17-8-4-5-13(11-17)12-18/h6,13,18H,4-5,7-12H2,1-3H3. The fourth-order valence-corrected chi connectivity index (χ4v) is 4.76. The first kappa shape index (κ1) is 16.9. The van der Waals surface area contributed by atoms with Crippen molar-refractivity contribution < 1.29 is 13.5 Å². The van der Waals surface area contributed by atoms with Gasteiger partial charge in [-0.05, 0) is 30.6 Å². The lowest BCUT2D eigenvalue weighted by atomic mass is 9.83. The third-order valence-electron chi connectivity index (χ3n) is 4.53. The quantitative estimate of drug-likeness (QED) is 0.805. The highest BCUT2D eigenvalue weighted by atomic mass is 32.2. The van der Waals surface area contributed by atoms with Crippen LogP contribution < -0.4 is 0 Å². The molecule has 0 aromatic carbocycles. The van der Waals surface area contributed by atoms with Gasteiger partial charge in [-0.15, -0.1) is 0 Å². The van der Waals surface area contributed by atoms with Crippen LogP contribution in [0.3, 0.4) is 0 Å². The Morgan fingerprint density at radius 3 is 2.52 bits per heavy atom. The molecule has 0 saturated carbocycles. The first-order valence-corrected chi connectivity index (χ1v) is 9.20. The highest BCUT2D eigenvalue weighted by Crippen LogP contribution is 2.31. The van der Waals surface area contributed by atoms with Crippen molar-refractivity contribution >= 4 is 10.2 Å². The van der Waals surface area contributed by atoms with Gasteiger partial charge in [0.05, 0.1) is 0 Å². The van der Waals surface area contributed by atoms with Gasteiger partial charge in [0.15, 0.2) is 0 Å². The molecule has 2 heterocycles. The summed E-state index contributed by atoms with van der Waals surface area (Å²) in [5.41, 5.74) is 1.45. The van der Waals surface area contributed by atoms with Gasteiger partial charge in [0.25, 0.3) is 10.2 Å². The Morgan fingerprint density at radius 2 is 2.00 bits per heavy atom. The van der Waals surface area contributed by atoms with E-state index >= 15 is 0 Å². The molecule has 1 fully saturated rings. The van der Waals surface area contributed by atoms with Crippen LogP contribution in [0, 0.1) is 11.3 Å². The van der Waals surface area contributed by atoms with Crippen molar-refractivity contribution in [2.24, 2.45) is 11.3 Å². The van der Waals surface area contributed by atoms with E-state index in [1.54, 1.807) is 8.61 Å². The third kappa shape index (κ3) is 3.86. The SMILES string of the molecule is CC(C)(C)C1=CCN(S(=O)(=O)N2CCCC(CO)C2)CC1. The maximum Gasteiger partial charge on any atom is 0.282 e. The van der Waals surface area contributed by atoms with E-state index in [0.29, 0.717) is 26.2 Å². The highest BCUT2D eigenvalue weighted by Gasteiger charge is 2.34. The van der Waals surface area contributed by atoms with Crippen molar-refractivity contribution in [1.82, 2.24) is 8.61 Å². The van der Waals surface area contributed by atoms with Gasteiger partial charge in [-0.2, -0.15) is 17.0 Å². The number of hydrogen-bond acceptors (Lipinski definition) is 3. The molecule has 1 saturated heterocycles. The Labute approximate surface area is 128 Å². The van der Waals surface area contributed by atoms with Crippen LogP contribution in [0.5, 0.6) is 0 Å². The molecule has 2 rings (SSSR count). The molecule has 1 unspecified atom stereocenters. The molecular formula is C15H28N2O3S. The molecule has 2 aliphatic rings. The van der Waals surface area contributed by atoms with Gasteiger partial charge in [-0.25, -0.2) is 0 Å². The fourth-order valence-electron chi connectivity index (χ4n) is 3.09. The molecule has 0 bridgehead atoms. The van der Waals surface area contributed by atoms with E-state index in [1.807, 2.05) is 0 Å². The largest absolute Gasteiger partial charge is 0.396 e. The van der Waals surface area contributed by atoms with Crippen molar-refractivity contribution in [3.05, 3.63) is 11.6 Å². The lowest BCUT2D eigenvalue weighted by molar-refractivity contribution is 0.161. The zero-order valence-corrected chi connectivity index (χ0v) is 14.2. The number of aliphatic hydroxyl groups excluding tert-OH is 1. The summed E-state index contributed by atoms with van der Waals surface area (Å²) in [7, 11) is -3.39. The summed E-state index contributed by atoms with van der Waals surface area (Å²) >= 11 is 0. The molecule has 6 heteroatoms. The molecule has 21 heavy (non-hydrogen) atoms. The molecule has 1 atom stereocenters. The summed E-state index contributed by atoms with van der Waals surface area (Å²) in [5.74, 6) is 0.0824. The summed E-state index contributed by atoms with van der Waals surface area (Å²) in [6.45, 7) is 8.62. The van der Waals surface area contributed by atoms with Crippen molar-refractivity contribution in [3.8, 4) is 0 Å². The number of piperidine rings is 1. The Hall–Kier alpha value is -0.430. The normalized spacial score (nSPS) is 26.7. The molecular weight excluding hydrogens is 288 g/mol. The van der Waals surface area contributed by atoms with Crippen LogP contribution in [0.4, 0.5) is 0 Å². The van der Waals surface area contributed by atoms with Gasteiger partial charge >= 0.3 is 0 Å². The van der Waals surface area contributed by atoms with E-state index < -0.39 is 10.2 Å². The lowest BCUT2D eigenvalue weighted by Crippen LogP contribution is -2.49. The predicted molar refractivity (Wildman–Crippen MR) is 84.0 cm³/mol. The van der Waals surface area contributed by atoms with E-state index in [-0.39, 0.29) is 17.9 Å². The summed E-state index contributed by atoms with van der Waals surface area (Å²) in [5, 5.41) is 9.26. The second-order valence-corrected chi connectivity index (χ2v) is 9.07. The second-order valence-electron chi connectivity index (χ2n) is 7.14. The lowest BCUT2D eigenvalue weighted by Gasteiger charge is -2.37. The minimum Gasteiger partial charge on any atom is -0.396 e. The van der Waals surface area contributed by atoms with Crippen LogP contribution in [0.2, 0.25) is 0 Å². The maximum absolute atomic E-state index is 12.7. The summed E-state index contributed by atoms with van der Waals surface area (Å²) in [4.78, 5) is 0. The Balaban J connectivity index is 2.06. The third-order valence-corrected chi connectivity index (χ3v) is 6.50. The van der Waals surface area contributed by atoms with Gasteiger partial charge in [0.2, 0.25) is 0 Å². The van der Waals surface area contributed by atoms with E-state index in [9.17, 15) is 13.5 Å². The number of nitrogens with zero attached hydrogens (tertiary/aromatic N) is 2. The van der Waals surface area contributed by atoms with Gasteiger partial charge in [0.1, 0.15) is 0 Å². The van der Waals surface area contributed by atoms with Crippen LogP contribution in [0.15, 0.2) is 11.6 Å². The number of aliphatic hydroxyl groups is 1. The van der Waals surface area contributed by atoms with Crippen LogP contribution in [0.1, 0.15) is 40.0 Å². The zero-order valence-electron chi connectivity index (χ0n) is 13.4. The molecule has 2 aliphatic heterocycles. The van der Waals surface area contributed by atoms with Gasteiger partial charge < -0.3 is 5.11 Å². The minimum absolute atomic E-state index is 0.0695. The van der Waals surface area contributed by atoms with Crippen molar-refractivity contribution in [2.75, 3.05) is 32.8 Å². The van der Waals surface area contributed by atoms with Crippen LogP contribution in [0.25, 0.3) is 0 Å². The maximum atomic E-state index is 12.7. The topological polar surface area (TPSA) is 60.9 Å². The van der Waals surface area contributed by atoms with E-state index in [2.05, 4.69) is 26.8 Å². The summed E-state index contributed by atoms with van der Waals surface area (Å²) in [6.07, 6.45) is 4.62. The first-order valence-electron chi connectivity index (χ1n) is 7.80. The van der Waals surface area contributed by atoms with Crippen LogP contribution >= 0.6 is 0 Å². The van der Waals surface area contributed by atoms with Crippen molar-refractivity contribution in [2.45, 2.75) is 40.0 Å². The van der Waals surface area contributed by atoms with Crippen molar-refractivity contribution in [3.63, 3.8) is 0 Å². The van der Waals surface area contributed by atoms with E-state index in [4.69, 9.17) is 0 Å². The molecule has 0 spiro atoms. The second kappa shape index (κ2) is 6.36. The molecule has 1 N–H and O–H groups in total. The molecule has 0 amide bonds. The monoisotopic (exact) mass is 316 g/mol. The van der Waals surface area contributed by atoms with E-state index in [1.165, 1.54) is 5.57 Å². The first-order chi connectivity index (χ1) is 9.75. The predicted octanol–water partition coefficient (Wildman–Crippen LogP) is 1.61.